The topological polar surface area (TPSA) is 61.8 Å². The average molecular weight is 729 g/mol. The van der Waals surface area contributed by atoms with E-state index in [1.54, 1.807) is 0 Å². The number of hydrogen-bond acceptors (Lipinski definition) is 5. The number of hydrogen-bond donors (Lipinski definition) is 0. The van der Waals surface area contributed by atoms with Gasteiger partial charge in [-0.25, -0.2) is 0 Å². The average Bonchev–Trinajstić information content (AvgIpc) is 3.14. The summed E-state index contributed by atoms with van der Waals surface area (Å²) in [7, 11) is 0. The molecule has 0 saturated heterocycles. The third-order valence-corrected chi connectivity index (χ3v) is 9.32. The minimum atomic E-state index is -0.541. The molecule has 0 spiro atoms. The van der Waals surface area contributed by atoms with Crippen molar-refractivity contribution in [2.45, 2.75) is 219 Å². The number of rotatable bonds is 40. The summed E-state index contributed by atoms with van der Waals surface area (Å²) in [5.41, 5.74) is 0. The van der Waals surface area contributed by atoms with Crippen molar-refractivity contribution in [3.05, 3.63) is 48.6 Å². The number of carbonyl (C=O) groups is 2. The molecule has 1 unspecified atom stereocenters. The van der Waals surface area contributed by atoms with Crippen molar-refractivity contribution >= 4 is 11.9 Å². The molecule has 0 fully saturated rings. The first kappa shape index (κ1) is 49.9. The third-order valence-electron chi connectivity index (χ3n) is 9.32. The molecule has 0 aliphatic carbocycles. The van der Waals surface area contributed by atoms with Crippen molar-refractivity contribution in [3.63, 3.8) is 0 Å². The Kier molecular flexibility index (Phi) is 41.5. The largest absolute Gasteiger partial charge is 0.462 e. The van der Waals surface area contributed by atoms with Gasteiger partial charge < -0.3 is 14.2 Å². The Morgan fingerprint density at radius 2 is 0.846 bits per heavy atom. The van der Waals surface area contributed by atoms with Crippen LogP contribution in [-0.4, -0.2) is 37.9 Å². The first-order valence-electron chi connectivity index (χ1n) is 22.2. The maximum absolute atomic E-state index is 12.6. The Labute approximate surface area is 322 Å². The van der Waals surface area contributed by atoms with Gasteiger partial charge in [0.2, 0.25) is 0 Å². The van der Waals surface area contributed by atoms with E-state index in [4.69, 9.17) is 14.2 Å². The summed E-state index contributed by atoms with van der Waals surface area (Å²) in [4.78, 5) is 25.1. The van der Waals surface area contributed by atoms with Crippen LogP contribution >= 0.6 is 0 Å². The zero-order valence-corrected chi connectivity index (χ0v) is 34.6. The second-order valence-corrected chi connectivity index (χ2v) is 14.6. The first-order chi connectivity index (χ1) is 25.6. The lowest BCUT2D eigenvalue weighted by atomic mass is 10.1. The van der Waals surface area contributed by atoms with Crippen LogP contribution in [0.15, 0.2) is 48.6 Å². The van der Waals surface area contributed by atoms with Crippen molar-refractivity contribution in [1.82, 2.24) is 0 Å². The summed E-state index contributed by atoms with van der Waals surface area (Å²) in [5, 5.41) is 0. The minimum Gasteiger partial charge on any atom is -0.462 e. The standard InChI is InChI=1S/C47H84O5/c1-4-7-10-13-16-18-20-22-23-24-26-28-30-33-36-39-42-50-43-45(52-47(49)41-38-35-31-15-12-9-6-3)44-51-46(48)40-37-34-32-29-27-25-21-19-17-14-11-8-5-2/h11,14,16,18-19,21-23,45H,4-10,12-13,15,17,20,24-44H2,1-3H3/b14-11-,18-16-,21-19-,23-22-. The smallest absolute Gasteiger partial charge is 0.306 e. The van der Waals surface area contributed by atoms with Crippen LogP contribution in [0.1, 0.15) is 213 Å². The van der Waals surface area contributed by atoms with E-state index in [-0.39, 0.29) is 25.2 Å². The molecule has 0 aliphatic heterocycles. The zero-order valence-electron chi connectivity index (χ0n) is 34.6. The van der Waals surface area contributed by atoms with E-state index < -0.39 is 6.10 Å². The number of esters is 2. The molecule has 52 heavy (non-hydrogen) atoms. The molecule has 0 heterocycles. The van der Waals surface area contributed by atoms with Gasteiger partial charge in [-0.3, -0.25) is 9.59 Å². The highest BCUT2D eigenvalue weighted by Crippen LogP contribution is 2.12. The van der Waals surface area contributed by atoms with Crippen LogP contribution in [-0.2, 0) is 23.8 Å². The molecule has 0 saturated carbocycles. The van der Waals surface area contributed by atoms with E-state index in [0.29, 0.717) is 19.4 Å². The second-order valence-electron chi connectivity index (χ2n) is 14.6. The van der Waals surface area contributed by atoms with Crippen LogP contribution < -0.4 is 0 Å². The Hall–Kier alpha value is -2.14. The summed E-state index contributed by atoms with van der Waals surface area (Å²) in [5.74, 6) is -0.424. The van der Waals surface area contributed by atoms with Crippen LogP contribution in [0, 0.1) is 0 Å². The molecule has 5 heteroatoms. The Morgan fingerprint density at radius 1 is 0.423 bits per heavy atom. The molecular weight excluding hydrogens is 645 g/mol. The molecule has 0 aromatic heterocycles. The van der Waals surface area contributed by atoms with Gasteiger partial charge in [0.05, 0.1) is 6.61 Å². The van der Waals surface area contributed by atoms with Gasteiger partial charge in [-0.1, -0.05) is 172 Å². The lowest BCUT2D eigenvalue weighted by Crippen LogP contribution is -2.30. The molecule has 0 rings (SSSR count). The van der Waals surface area contributed by atoms with E-state index in [9.17, 15) is 9.59 Å². The molecule has 0 radical (unpaired) electrons. The van der Waals surface area contributed by atoms with Gasteiger partial charge in [0, 0.05) is 19.4 Å². The molecule has 5 nitrogen and oxygen atoms in total. The number of unbranched alkanes of at least 4 members (excludes halogenated alkanes) is 21. The number of ether oxygens (including phenoxy) is 3. The summed E-state index contributed by atoms with van der Waals surface area (Å²) in [6.45, 7) is 7.67. The molecule has 0 aromatic rings. The summed E-state index contributed by atoms with van der Waals surface area (Å²) in [6.07, 6.45) is 51.1. The van der Waals surface area contributed by atoms with Crippen LogP contribution in [0.3, 0.4) is 0 Å². The van der Waals surface area contributed by atoms with Gasteiger partial charge in [-0.2, -0.15) is 0 Å². The van der Waals surface area contributed by atoms with E-state index in [1.807, 2.05) is 0 Å². The highest BCUT2D eigenvalue weighted by molar-refractivity contribution is 5.70. The highest BCUT2D eigenvalue weighted by atomic mass is 16.6. The zero-order chi connectivity index (χ0) is 37.8. The van der Waals surface area contributed by atoms with E-state index in [0.717, 1.165) is 64.2 Å². The molecule has 0 bridgehead atoms. The monoisotopic (exact) mass is 729 g/mol. The van der Waals surface area contributed by atoms with Gasteiger partial charge in [-0.05, 0) is 77.0 Å². The van der Waals surface area contributed by atoms with Crippen molar-refractivity contribution in [2.24, 2.45) is 0 Å². The lowest BCUT2D eigenvalue weighted by Gasteiger charge is -2.18. The number of carbonyl (C=O) groups excluding carboxylic acids is 2. The van der Waals surface area contributed by atoms with E-state index >= 15 is 0 Å². The summed E-state index contributed by atoms with van der Waals surface area (Å²) in [6, 6.07) is 0. The SMILES string of the molecule is CCC/C=C\C/C=C\CCCCCCCC(=O)OCC(COCCCCCCCC/C=C\C/C=C\CCCCC)OC(=O)CCCCCCCCC. The van der Waals surface area contributed by atoms with Crippen molar-refractivity contribution in [2.75, 3.05) is 19.8 Å². The predicted molar refractivity (Wildman–Crippen MR) is 224 cm³/mol. The molecule has 0 aliphatic rings. The Balaban J connectivity index is 4.19. The fraction of sp³-hybridized carbons (Fsp3) is 0.787. The van der Waals surface area contributed by atoms with E-state index in [1.165, 1.54) is 116 Å². The van der Waals surface area contributed by atoms with Gasteiger partial charge in [-0.15, -0.1) is 0 Å². The van der Waals surface area contributed by atoms with E-state index in [2.05, 4.69) is 69.4 Å². The summed E-state index contributed by atoms with van der Waals surface area (Å²) >= 11 is 0. The van der Waals surface area contributed by atoms with Gasteiger partial charge in [0.1, 0.15) is 6.61 Å². The van der Waals surface area contributed by atoms with Crippen molar-refractivity contribution in [1.29, 1.82) is 0 Å². The van der Waals surface area contributed by atoms with Gasteiger partial charge in [0.25, 0.3) is 0 Å². The minimum absolute atomic E-state index is 0.0747. The van der Waals surface area contributed by atoms with Crippen LogP contribution in [0.25, 0.3) is 0 Å². The van der Waals surface area contributed by atoms with Crippen LogP contribution in [0.5, 0.6) is 0 Å². The molecule has 1 atom stereocenters. The maximum Gasteiger partial charge on any atom is 0.306 e. The van der Waals surface area contributed by atoms with Crippen molar-refractivity contribution < 1.29 is 23.8 Å². The lowest BCUT2D eigenvalue weighted by molar-refractivity contribution is -0.163. The Morgan fingerprint density at radius 3 is 1.38 bits per heavy atom. The fourth-order valence-corrected chi connectivity index (χ4v) is 5.99. The normalized spacial score (nSPS) is 12.6. The molecule has 0 amide bonds. The van der Waals surface area contributed by atoms with Gasteiger partial charge >= 0.3 is 11.9 Å². The quantitative estimate of drug-likeness (QED) is 0.0357. The summed E-state index contributed by atoms with van der Waals surface area (Å²) < 4.78 is 17.2. The first-order valence-corrected chi connectivity index (χ1v) is 22.2. The maximum atomic E-state index is 12.6. The second kappa shape index (κ2) is 43.3. The number of allylic oxidation sites excluding steroid dienone is 8. The fourth-order valence-electron chi connectivity index (χ4n) is 5.99. The molecule has 0 N–H and O–H groups in total. The molecule has 302 valence electrons. The van der Waals surface area contributed by atoms with Gasteiger partial charge in [0.15, 0.2) is 6.10 Å². The molecular formula is C47H84O5. The van der Waals surface area contributed by atoms with Crippen LogP contribution in [0.4, 0.5) is 0 Å². The molecule has 0 aromatic carbocycles. The highest BCUT2D eigenvalue weighted by Gasteiger charge is 2.17. The Bertz CT molecular complexity index is 873. The van der Waals surface area contributed by atoms with Crippen molar-refractivity contribution in [3.8, 4) is 0 Å². The van der Waals surface area contributed by atoms with Crippen LogP contribution in [0.2, 0.25) is 0 Å². The third kappa shape index (κ3) is 40.6. The predicted octanol–water partition coefficient (Wildman–Crippen LogP) is 14.4.